The molecule has 0 amide bonds. The van der Waals surface area contributed by atoms with Crippen LogP contribution in [-0.2, 0) is 0 Å². The van der Waals surface area contributed by atoms with Crippen molar-refractivity contribution in [2.24, 2.45) is 0 Å². The van der Waals surface area contributed by atoms with Crippen molar-refractivity contribution in [1.29, 1.82) is 0 Å². The minimum Gasteiger partial charge on any atom is -0.456 e. The van der Waals surface area contributed by atoms with Crippen molar-refractivity contribution in [3.05, 3.63) is 182 Å². The van der Waals surface area contributed by atoms with Crippen LogP contribution in [0.4, 0.5) is 0 Å². The van der Waals surface area contributed by atoms with Gasteiger partial charge in [-0.15, -0.1) is 0 Å². The zero-order valence-corrected chi connectivity index (χ0v) is 30.9. The average molecular weight is 743 g/mol. The number of pyridine rings is 3. The van der Waals surface area contributed by atoms with Gasteiger partial charge < -0.3 is 4.42 Å². The van der Waals surface area contributed by atoms with Crippen molar-refractivity contribution in [1.82, 2.24) is 28.7 Å². The number of nitrogens with zero attached hydrogens (tertiary/aromatic N) is 6. The first-order valence-electron chi connectivity index (χ1n) is 19.4. The van der Waals surface area contributed by atoms with E-state index in [1.165, 1.54) is 5.39 Å². The van der Waals surface area contributed by atoms with E-state index in [-0.39, 0.29) is 0 Å². The summed E-state index contributed by atoms with van der Waals surface area (Å²) >= 11 is 0. The number of hydrogen-bond donors (Lipinski definition) is 0. The van der Waals surface area contributed by atoms with Gasteiger partial charge in [-0.1, -0.05) is 72.8 Å². The molecule has 0 radical (unpaired) electrons. The van der Waals surface area contributed by atoms with Crippen LogP contribution in [0.25, 0.3) is 116 Å². The van der Waals surface area contributed by atoms with Gasteiger partial charge in [0.05, 0.1) is 22.1 Å². The Morgan fingerprint density at radius 2 is 0.879 bits per heavy atom. The Labute approximate surface area is 330 Å². The third-order valence-electron chi connectivity index (χ3n) is 11.8. The highest BCUT2D eigenvalue weighted by atomic mass is 16.3. The van der Waals surface area contributed by atoms with Gasteiger partial charge in [-0.25, -0.2) is 15.0 Å². The molecular weight excluding hydrogens is 713 g/mol. The number of benzene rings is 6. The molecule has 0 saturated carbocycles. The molecule has 270 valence electrons. The van der Waals surface area contributed by atoms with Crippen molar-refractivity contribution >= 4 is 87.6 Å². The quantitative estimate of drug-likeness (QED) is 0.180. The summed E-state index contributed by atoms with van der Waals surface area (Å²) in [5, 5.41) is 9.07. The molecule has 0 aliphatic rings. The normalized spacial score (nSPS) is 12.1. The van der Waals surface area contributed by atoms with E-state index >= 15 is 0 Å². The van der Waals surface area contributed by atoms with Crippen molar-refractivity contribution in [2.45, 2.75) is 0 Å². The average Bonchev–Trinajstić information content (AvgIpc) is 4.02. The van der Waals surface area contributed by atoms with Gasteiger partial charge in [-0.05, 0) is 108 Å². The van der Waals surface area contributed by atoms with Gasteiger partial charge in [0.25, 0.3) is 0 Å². The van der Waals surface area contributed by atoms with Gasteiger partial charge in [-0.3, -0.25) is 13.7 Å². The van der Waals surface area contributed by atoms with E-state index in [1.807, 2.05) is 36.7 Å². The number of furan rings is 1. The lowest BCUT2D eigenvalue weighted by atomic mass is 10.0. The van der Waals surface area contributed by atoms with Gasteiger partial charge in [-0.2, -0.15) is 0 Å². The van der Waals surface area contributed by atoms with Crippen LogP contribution in [0.15, 0.2) is 187 Å². The van der Waals surface area contributed by atoms with Crippen molar-refractivity contribution in [3.8, 4) is 28.5 Å². The van der Waals surface area contributed by atoms with Gasteiger partial charge in [0.2, 0.25) is 0 Å². The Morgan fingerprint density at radius 1 is 0.345 bits per heavy atom. The zero-order valence-electron chi connectivity index (χ0n) is 30.9. The fraction of sp³-hybridized carbons (Fsp3) is 0. The minimum absolute atomic E-state index is 0.800. The molecule has 0 aliphatic carbocycles. The van der Waals surface area contributed by atoms with Gasteiger partial charge >= 0.3 is 0 Å². The van der Waals surface area contributed by atoms with E-state index in [4.69, 9.17) is 19.4 Å². The smallest absolute Gasteiger partial charge is 0.146 e. The molecule has 0 N–H and O–H groups in total. The predicted octanol–water partition coefficient (Wildman–Crippen LogP) is 12.7. The van der Waals surface area contributed by atoms with Gasteiger partial charge in [0.1, 0.15) is 34.1 Å². The Balaban J connectivity index is 0.975. The number of hydrogen-bond acceptors (Lipinski definition) is 4. The summed E-state index contributed by atoms with van der Waals surface area (Å²) in [4.78, 5) is 15.2. The van der Waals surface area contributed by atoms with Gasteiger partial charge in [0.15, 0.2) is 0 Å². The van der Waals surface area contributed by atoms with Gasteiger partial charge in [0, 0.05) is 61.2 Å². The first kappa shape index (κ1) is 31.2. The van der Waals surface area contributed by atoms with Crippen LogP contribution in [0.2, 0.25) is 0 Å². The fourth-order valence-corrected chi connectivity index (χ4v) is 9.23. The summed E-state index contributed by atoms with van der Waals surface area (Å²) in [5.74, 6) is 1.63. The minimum atomic E-state index is 0.800. The van der Waals surface area contributed by atoms with E-state index in [0.29, 0.717) is 0 Å². The third-order valence-corrected chi connectivity index (χ3v) is 11.8. The molecule has 13 rings (SSSR count). The number of aromatic nitrogens is 6. The molecule has 13 aromatic rings. The highest BCUT2D eigenvalue weighted by molar-refractivity contribution is 6.13. The summed E-state index contributed by atoms with van der Waals surface area (Å²) in [6.45, 7) is 0. The van der Waals surface area contributed by atoms with Crippen LogP contribution in [0.5, 0.6) is 0 Å². The highest BCUT2D eigenvalue weighted by Gasteiger charge is 2.20. The SMILES string of the molecule is c1cc(-n2c3ccccc3c3cc(-n4c5ccccc5c5cccnc54)ccc32)nc(-n2c3ccc(-c4ccc5oc6ccccc6c5c4)cc3c3cccnc32)c1. The fourth-order valence-electron chi connectivity index (χ4n) is 9.23. The van der Waals surface area contributed by atoms with Crippen molar-refractivity contribution in [3.63, 3.8) is 0 Å². The Hall–Kier alpha value is -8.03. The zero-order chi connectivity index (χ0) is 37.9. The molecule has 7 nitrogen and oxygen atoms in total. The van der Waals surface area contributed by atoms with Crippen molar-refractivity contribution < 1.29 is 4.42 Å². The van der Waals surface area contributed by atoms with E-state index in [2.05, 4.69) is 159 Å². The standard InChI is InChI=1S/C51H30N6O/c1-4-15-42-34(10-1)37-13-8-26-52-50(37)55(42)33-22-24-44-40(30-33)35-11-2-5-16-43(35)56(44)48-18-7-19-49(54-48)57-45-23-20-31(28-39(45)38-14-9-27-53-51(38)57)32-21-25-47-41(29-32)36-12-3-6-17-46(36)58-47/h1-30H. The topological polar surface area (TPSA) is 66.6 Å². The van der Waals surface area contributed by atoms with E-state index in [9.17, 15) is 0 Å². The molecule has 7 heterocycles. The molecule has 0 bridgehead atoms. The Kier molecular flexibility index (Phi) is 6.32. The molecular formula is C51H30N6O. The monoisotopic (exact) mass is 742 g/mol. The maximum Gasteiger partial charge on any atom is 0.146 e. The largest absolute Gasteiger partial charge is 0.456 e. The lowest BCUT2D eigenvalue weighted by molar-refractivity contribution is 0.669. The lowest BCUT2D eigenvalue weighted by Crippen LogP contribution is -2.03. The van der Waals surface area contributed by atoms with E-state index < -0.39 is 0 Å². The number of para-hydroxylation sites is 3. The Bertz CT molecular complexity index is 3770. The molecule has 0 aliphatic heterocycles. The van der Waals surface area contributed by atoms with E-state index in [0.717, 1.165) is 111 Å². The summed E-state index contributed by atoms with van der Waals surface area (Å²) in [6.07, 6.45) is 3.73. The molecule has 0 unspecified atom stereocenters. The molecule has 7 heteroatoms. The summed E-state index contributed by atoms with van der Waals surface area (Å²) in [5.41, 5.74) is 11.3. The maximum absolute atomic E-state index is 6.13. The van der Waals surface area contributed by atoms with Crippen LogP contribution in [0.1, 0.15) is 0 Å². The summed E-state index contributed by atoms with van der Waals surface area (Å²) in [6, 6.07) is 59.7. The second-order valence-electron chi connectivity index (χ2n) is 14.9. The van der Waals surface area contributed by atoms with Crippen LogP contribution >= 0.6 is 0 Å². The molecule has 58 heavy (non-hydrogen) atoms. The lowest BCUT2D eigenvalue weighted by Gasteiger charge is -2.12. The second-order valence-corrected chi connectivity index (χ2v) is 14.9. The second kappa shape index (κ2) is 11.7. The number of fused-ring (bicyclic) bond motifs is 12. The van der Waals surface area contributed by atoms with Crippen LogP contribution in [0.3, 0.4) is 0 Å². The molecule has 0 fully saturated rings. The summed E-state index contributed by atoms with van der Waals surface area (Å²) < 4.78 is 12.9. The Morgan fingerprint density at radius 3 is 1.69 bits per heavy atom. The molecule has 0 saturated heterocycles. The first-order chi connectivity index (χ1) is 28.8. The van der Waals surface area contributed by atoms with Crippen molar-refractivity contribution in [2.75, 3.05) is 0 Å². The molecule has 0 spiro atoms. The summed E-state index contributed by atoms with van der Waals surface area (Å²) in [7, 11) is 0. The molecule has 7 aromatic heterocycles. The maximum atomic E-state index is 6.13. The van der Waals surface area contributed by atoms with Crippen LogP contribution in [0, 0.1) is 0 Å². The highest BCUT2D eigenvalue weighted by Crippen LogP contribution is 2.39. The van der Waals surface area contributed by atoms with Crippen LogP contribution in [-0.4, -0.2) is 28.7 Å². The first-order valence-corrected chi connectivity index (χ1v) is 19.4. The predicted molar refractivity (Wildman–Crippen MR) is 236 cm³/mol. The van der Waals surface area contributed by atoms with E-state index in [1.54, 1.807) is 0 Å². The third kappa shape index (κ3) is 4.35. The molecule has 6 aromatic carbocycles. The van der Waals surface area contributed by atoms with Crippen LogP contribution < -0.4 is 0 Å². The molecule has 0 atom stereocenters. The number of rotatable bonds is 4.